The van der Waals surface area contributed by atoms with Gasteiger partial charge in [-0.3, -0.25) is 0 Å². The van der Waals surface area contributed by atoms with E-state index in [4.69, 9.17) is 18.9 Å². The summed E-state index contributed by atoms with van der Waals surface area (Å²) in [7, 11) is 0. The average molecular weight is 504 g/mol. The minimum atomic E-state index is -0.704. The monoisotopic (exact) mass is 503 g/mol. The van der Waals surface area contributed by atoms with Crippen LogP contribution in [0, 0.1) is 11.6 Å². The zero-order chi connectivity index (χ0) is 24.8. The van der Waals surface area contributed by atoms with Crippen molar-refractivity contribution < 1.29 is 37.9 Å². The van der Waals surface area contributed by atoms with E-state index in [9.17, 15) is 10.2 Å². The number of hydrogen-bond donors (Lipinski definition) is 3. The molecule has 3 aliphatic rings. The zero-order valence-electron chi connectivity index (χ0n) is 19.5. The molecule has 6 rings (SSSR count). The molecule has 0 saturated carbocycles. The van der Waals surface area contributed by atoms with Crippen molar-refractivity contribution in [2.75, 3.05) is 51.0 Å². The maximum Gasteiger partial charge on any atom is 0.197 e. The van der Waals surface area contributed by atoms with E-state index in [-0.39, 0.29) is 37.5 Å². The molecule has 0 spiro atoms. The van der Waals surface area contributed by atoms with Gasteiger partial charge in [0.05, 0.1) is 48.7 Å². The lowest BCUT2D eigenvalue weighted by Gasteiger charge is -2.29. The summed E-state index contributed by atoms with van der Waals surface area (Å²) in [6, 6.07) is 5.88. The fourth-order valence-corrected chi connectivity index (χ4v) is 5.18. The molecule has 9 nitrogen and oxygen atoms in total. The van der Waals surface area contributed by atoms with Crippen LogP contribution in [0.15, 0.2) is 24.3 Å². The van der Waals surface area contributed by atoms with E-state index in [1.165, 1.54) is 12.1 Å². The number of morpholine rings is 1. The molecule has 3 aromatic rings. The molecule has 0 amide bonds. The molecule has 3 N–H and O–H groups in total. The van der Waals surface area contributed by atoms with Crippen LogP contribution in [0.1, 0.15) is 5.56 Å². The fourth-order valence-electron chi connectivity index (χ4n) is 5.18. The number of rotatable bonds is 6. The first-order chi connectivity index (χ1) is 17.5. The molecule has 2 unspecified atom stereocenters. The number of aliphatic hydroxyl groups is 2. The van der Waals surface area contributed by atoms with Crippen molar-refractivity contribution in [3.8, 4) is 17.1 Å². The Morgan fingerprint density at radius 3 is 2.58 bits per heavy atom. The van der Waals surface area contributed by atoms with Crippen molar-refractivity contribution in [3.63, 3.8) is 0 Å². The normalized spacial score (nSPS) is 26.1. The number of nitrogens with zero attached hydrogens (tertiary/aromatic N) is 2. The van der Waals surface area contributed by atoms with Crippen molar-refractivity contribution in [2.45, 2.75) is 30.8 Å². The summed E-state index contributed by atoms with van der Waals surface area (Å²) in [4.78, 5) is 9.60. The topological polar surface area (TPSA) is 109 Å². The van der Waals surface area contributed by atoms with Crippen LogP contribution in [0.2, 0.25) is 0 Å². The minimum absolute atomic E-state index is 0.141. The number of hydrogen-bond acceptors (Lipinski definition) is 8. The standard InChI is InChI=1S/C25H27F2N3O6/c26-15-9-13(30-4-7-33-8-5-30)10-16(27)21(15)17-1-2-18-22(28-17)14(3-6-31)25(29-18)36-20-12-35-23-19(32)11-34-24(20)23/h1-2,9-10,19-20,23-24,29,31-32H,3-8,11-12H2/t19-,20-,23?,24?/m1/s1. The molecule has 192 valence electrons. The number of aromatic nitrogens is 2. The third kappa shape index (κ3) is 4.10. The second kappa shape index (κ2) is 9.56. The predicted molar refractivity (Wildman–Crippen MR) is 125 cm³/mol. The Labute approximate surface area is 205 Å². The van der Waals surface area contributed by atoms with Gasteiger partial charge in [-0.15, -0.1) is 0 Å². The zero-order valence-corrected chi connectivity index (χ0v) is 19.5. The van der Waals surface area contributed by atoms with Gasteiger partial charge in [-0.1, -0.05) is 0 Å². The Balaban J connectivity index is 1.33. The number of anilines is 1. The SMILES string of the molecule is OCCc1c(O[C@@H]2COC3C2OC[C@H]3O)[nH]c2ccc(-c3c(F)cc(N4CCOCC4)cc3F)nc12. The predicted octanol–water partition coefficient (Wildman–Crippen LogP) is 1.79. The van der Waals surface area contributed by atoms with Crippen LogP contribution in [-0.4, -0.2) is 90.7 Å². The van der Waals surface area contributed by atoms with Crippen LogP contribution in [-0.2, 0) is 20.6 Å². The quantitative estimate of drug-likeness (QED) is 0.467. The summed E-state index contributed by atoms with van der Waals surface area (Å²) >= 11 is 0. The molecule has 0 bridgehead atoms. The molecule has 1 aromatic carbocycles. The highest BCUT2D eigenvalue weighted by Gasteiger charge is 2.48. The highest BCUT2D eigenvalue weighted by Crippen LogP contribution is 2.36. The van der Waals surface area contributed by atoms with Crippen molar-refractivity contribution in [1.82, 2.24) is 9.97 Å². The first-order valence-electron chi connectivity index (χ1n) is 12.1. The molecule has 0 aliphatic carbocycles. The summed E-state index contributed by atoms with van der Waals surface area (Å²) in [5.41, 5.74) is 2.03. The van der Waals surface area contributed by atoms with Gasteiger partial charge in [-0.25, -0.2) is 13.8 Å². The molecule has 11 heteroatoms. The number of benzene rings is 1. The summed E-state index contributed by atoms with van der Waals surface area (Å²) in [6.45, 7) is 2.40. The minimum Gasteiger partial charge on any atom is -0.470 e. The first-order valence-corrected chi connectivity index (χ1v) is 12.1. The molecule has 3 fully saturated rings. The lowest BCUT2D eigenvalue weighted by atomic mass is 10.1. The summed E-state index contributed by atoms with van der Waals surface area (Å²) < 4.78 is 53.1. The highest BCUT2D eigenvalue weighted by atomic mass is 19.1. The third-order valence-electron chi connectivity index (χ3n) is 6.98. The molecule has 3 aliphatic heterocycles. The molecule has 2 aromatic heterocycles. The molecule has 36 heavy (non-hydrogen) atoms. The second-order valence-corrected chi connectivity index (χ2v) is 9.20. The van der Waals surface area contributed by atoms with Crippen LogP contribution in [0.5, 0.6) is 5.88 Å². The van der Waals surface area contributed by atoms with Crippen LogP contribution >= 0.6 is 0 Å². The molecule has 4 atom stereocenters. The number of pyridine rings is 1. The number of aliphatic hydroxyl groups excluding tert-OH is 2. The van der Waals surface area contributed by atoms with Crippen LogP contribution < -0.4 is 9.64 Å². The maximum absolute atomic E-state index is 15.2. The van der Waals surface area contributed by atoms with E-state index in [1.807, 2.05) is 4.90 Å². The Kier molecular flexibility index (Phi) is 6.26. The smallest absolute Gasteiger partial charge is 0.197 e. The van der Waals surface area contributed by atoms with E-state index >= 15 is 8.78 Å². The number of H-pyrrole nitrogens is 1. The Bertz CT molecular complexity index is 1240. The number of halogens is 2. The van der Waals surface area contributed by atoms with Gasteiger partial charge in [0.15, 0.2) is 12.0 Å². The van der Waals surface area contributed by atoms with Gasteiger partial charge in [0, 0.05) is 37.4 Å². The second-order valence-electron chi connectivity index (χ2n) is 9.20. The van der Waals surface area contributed by atoms with E-state index in [2.05, 4.69) is 9.97 Å². The van der Waals surface area contributed by atoms with Crippen molar-refractivity contribution in [3.05, 3.63) is 41.5 Å². The molecular formula is C25H27F2N3O6. The number of ether oxygens (including phenoxy) is 4. The lowest BCUT2D eigenvalue weighted by molar-refractivity contribution is 0.00773. The maximum atomic E-state index is 15.2. The molecule has 0 radical (unpaired) electrons. The van der Waals surface area contributed by atoms with E-state index in [0.717, 1.165) is 0 Å². The summed E-state index contributed by atoms with van der Waals surface area (Å²) in [5, 5.41) is 19.7. The van der Waals surface area contributed by atoms with E-state index in [0.29, 0.717) is 54.5 Å². The molecule has 5 heterocycles. The number of nitrogens with one attached hydrogen (secondary N) is 1. The van der Waals surface area contributed by atoms with Gasteiger partial charge >= 0.3 is 0 Å². The Morgan fingerprint density at radius 2 is 1.83 bits per heavy atom. The van der Waals surface area contributed by atoms with Gasteiger partial charge < -0.3 is 39.0 Å². The first kappa shape index (κ1) is 23.6. The van der Waals surface area contributed by atoms with Gasteiger partial charge in [0.2, 0.25) is 0 Å². The largest absolute Gasteiger partial charge is 0.470 e. The van der Waals surface area contributed by atoms with Gasteiger partial charge in [-0.05, 0) is 24.3 Å². The van der Waals surface area contributed by atoms with Crippen molar-refractivity contribution in [2.24, 2.45) is 0 Å². The summed E-state index contributed by atoms with van der Waals surface area (Å²) in [5.74, 6) is -1.03. The Morgan fingerprint density at radius 1 is 1.08 bits per heavy atom. The van der Waals surface area contributed by atoms with Crippen LogP contribution in [0.4, 0.5) is 14.5 Å². The van der Waals surface area contributed by atoms with Crippen molar-refractivity contribution >= 4 is 16.7 Å². The van der Waals surface area contributed by atoms with E-state index < -0.39 is 36.1 Å². The third-order valence-corrected chi connectivity index (χ3v) is 6.98. The van der Waals surface area contributed by atoms with Crippen molar-refractivity contribution in [1.29, 1.82) is 0 Å². The van der Waals surface area contributed by atoms with Crippen LogP contribution in [0.25, 0.3) is 22.3 Å². The van der Waals surface area contributed by atoms with Gasteiger partial charge in [-0.2, -0.15) is 0 Å². The highest BCUT2D eigenvalue weighted by molar-refractivity contribution is 5.85. The fraction of sp³-hybridized carbons (Fsp3) is 0.480. The van der Waals surface area contributed by atoms with Gasteiger partial charge in [0.1, 0.15) is 29.9 Å². The molecular weight excluding hydrogens is 476 g/mol. The lowest BCUT2D eigenvalue weighted by Crippen LogP contribution is -2.36. The average Bonchev–Trinajstić information content (AvgIpc) is 3.55. The van der Waals surface area contributed by atoms with Crippen LogP contribution in [0.3, 0.4) is 0 Å². The molecule has 3 saturated heterocycles. The number of aromatic amines is 1. The summed E-state index contributed by atoms with van der Waals surface area (Å²) in [6.07, 6.45) is -1.80. The van der Waals surface area contributed by atoms with Gasteiger partial charge in [0.25, 0.3) is 0 Å². The van der Waals surface area contributed by atoms with E-state index in [1.54, 1.807) is 12.1 Å². The Hall–Kier alpha value is -2.83. The number of fused-ring (bicyclic) bond motifs is 2.